The molecule has 8 nitrogen and oxygen atoms in total. The number of aromatic nitrogens is 3. The molecule has 3 aliphatic rings. The van der Waals surface area contributed by atoms with Gasteiger partial charge in [0.2, 0.25) is 0 Å². The van der Waals surface area contributed by atoms with Crippen molar-refractivity contribution in [1.82, 2.24) is 15.0 Å². The monoisotopic (exact) mass is 514 g/mol. The maximum Gasteiger partial charge on any atom is 0.265 e. The van der Waals surface area contributed by atoms with Crippen LogP contribution in [0.5, 0.6) is 5.75 Å². The number of aryl methyl sites for hydroxylation is 1. The summed E-state index contributed by atoms with van der Waals surface area (Å²) in [5.74, 6) is 0.718. The molecular formula is C30H34N4O4. The summed E-state index contributed by atoms with van der Waals surface area (Å²) in [7, 11) is 1.66. The molecule has 1 fully saturated rings. The molecule has 0 radical (unpaired) electrons. The number of aliphatic hydroxyl groups is 1. The fourth-order valence-corrected chi connectivity index (χ4v) is 6.54. The summed E-state index contributed by atoms with van der Waals surface area (Å²) in [6.07, 6.45) is 4.41. The Labute approximate surface area is 222 Å². The second kappa shape index (κ2) is 8.78. The topological polar surface area (TPSA) is 89.7 Å². The fourth-order valence-electron chi connectivity index (χ4n) is 6.54. The van der Waals surface area contributed by atoms with Gasteiger partial charge in [0, 0.05) is 23.6 Å². The van der Waals surface area contributed by atoms with Crippen LogP contribution in [0.1, 0.15) is 69.0 Å². The van der Waals surface area contributed by atoms with E-state index in [9.17, 15) is 9.90 Å². The van der Waals surface area contributed by atoms with Crippen LogP contribution in [0, 0.1) is 5.92 Å². The third-order valence-electron chi connectivity index (χ3n) is 8.33. The molecule has 1 spiro atoms. The third kappa shape index (κ3) is 3.61. The first-order valence-electron chi connectivity index (χ1n) is 13.2. The molecule has 4 atom stereocenters. The van der Waals surface area contributed by atoms with E-state index < -0.39 is 17.2 Å². The quantitative estimate of drug-likeness (QED) is 0.516. The molecule has 1 N–H and O–H groups in total. The van der Waals surface area contributed by atoms with Gasteiger partial charge in [-0.05, 0) is 56.9 Å². The highest BCUT2D eigenvalue weighted by atomic mass is 16.5. The van der Waals surface area contributed by atoms with Crippen LogP contribution in [0.2, 0.25) is 0 Å². The summed E-state index contributed by atoms with van der Waals surface area (Å²) in [6, 6.07) is 13.4. The molecule has 0 aliphatic carbocycles. The molecule has 0 unspecified atom stereocenters. The van der Waals surface area contributed by atoms with Gasteiger partial charge in [0.15, 0.2) is 5.60 Å². The molecule has 3 aliphatic heterocycles. The van der Waals surface area contributed by atoms with Crippen molar-refractivity contribution in [3.63, 3.8) is 0 Å². The average molecular weight is 515 g/mol. The van der Waals surface area contributed by atoms with Crippen molar-refractivity contribution in [2.45, 2.75) is 70.4 Å². The van der Waals surface area contributed by atoms with Crippen LogP contribution in [0.25, 0.3) is 5.57 Å². The Balaban J connectivity index is 1.26. The van der Waals surface area contributed by atoms with Gasteiger partial charge >= 0.3 is 0 Å². The molecule has 6 rings (SSSR count). The Morgan fingerprint density at radius 3 is 2.74 bits per heavy atom. The molecule has 4 heterocycles. The van der Waals surface area contributed by atoms with E-state index in [0.29, 0.717) is 18.7 Å². The highest BCUT2D eigenvalue weighted by Crippen LogP contribution is 2.59. The van der Waals surface area contributed by atoms with Crippen LogP contribution in [0.15, 0.2) is 54.7 Å². The lowest BCUT2D eigenvalue weighted by Crippen LogP contribution is -2.52. The van der Waals surface area contributed by atoms with Gasteiger partial charge in [0.25, 0.3) is 5.91 Å². The molecule has 38 heavy (non-hydrogen) atoms. The predicted octanol–water partition coefficient (Wildman–Crippen LogP) is 4.62. The number of allylic oxidation sites excluding steroid dienone is 1. The van der Waals surface area contributed by atoms with Crippen molar-refractivity contribution in [3.05, 3.63) is 77.1 Å². The van der Waals surface area contributed by atoms with Crippen molar-refractivity contribution >= 4 is 17.2 Å². The summed E-state index contributed by atoms with van der Waals surface area (Å²) in [6.45, 7) is 8.93. The Morgan fingerprint density at radius 1 is 1.24 bits per heavy atom. The minimum atomic E-state index is -1.05. The number of aliphatic hydroxyl groups excluding tert-OH is 1. The molecular weight excluding hydrogens is 480 g/mol. The lowest BCUT2D eigenvalue weighted by atomic mass is 9.82. The van der Waals surface area contributed by atoms with Gasteiger partial charge in [-0.15, -0.1) is 5.10 Å². The van der Waals surface area contributed by atoms with E-state index in [1.807, 2.05) is 47.4 Å². The molecule has 1 saturated heterocycles. The van der Waals surface area contributed by atoms with Crippen LogP contribution in [-0.2, 0) is 21.7 Å². The second-order valence-corrected chi connectivity index (χ2v) is 11.3. The number of benzene rings is 2. The number of fused-ring (bicyclic) bond motifs is 1. The zero-order valence-electron chi connectivity index (χ0n) is 22.5. The van der Waals surface area contributed by atoms with Gasteiger partial charge < -0.3 is 14.6 Å². The van der Waals surface area contributed by atoms with E-state index in [1.54, 1.807) is 18.0 Å². The van der Waals surface area contributed by atoms with E-state index in [1.165, 1.54) is 0 Å². The highest BCUT2D eigenvalue weighted by Gasteiger charge is 2.63. The number of nitrogens with zero attached hydrogens (tertiary/aromatic N) is 4. The fraction of sp³-hybridized carbons (Fsp3) is 0.433. The van der Waals surface area contributed by atoms with Crippen molar-refractivity contribution in [2.75, 3.05) is 12.0 Å². The van der Waals surface area contributed by atoms with Crippen molar-refractivity contribution in [2.24, 2.45) is 5.92 Å². The molecule has 0 saturated carbocycles. The molecule has 3 aromatic rings. The Bertz CT molecular complexity index is 1430. The van der Waals surface area contributed by atoms with E-state index in [0.717, 1.165) is 40.1 Å². The first kappa shape index (κ1) is 24.8. The highest BCUT2D eigenvalue weighted by molar-refractivity contribution is 6.12. The number of hydrogen-bond donors (Lipinski definition) is 1. The largest absolute Gasteiger partial charge is 0.497 e. The lowest BCUT2D eigenvalue weighted by molar-refractivity contribution is -0.146. The maximum absolute atomic E-state index is 14.2. The first-order valence-corrected chi connectivity index (χ1v) is 13.2. The predicted molar refractivity (Wildman–Crippen MR) is 144 cm³/mol. The zero-order valence-corrected chi connectivity index (χ0v) is 22.5. The van der Waals surface area contributed by atoms with Gasteiger partial charge in [0.1, 0.15) is 17.5 Å². The van der Waals surface area contributed by atoms with Crippen LogP contribution in [-0.4, -0.2) is 44.8 Å². The van der Waals surface area contributed by atoms with Crippen LogP contribution in [0.4, 0.5) is 5.69 Å². The summed E-state index contributed by atoms with van der Waals surface area (Å²) in [5.41, 5.74) is 3.78. The molecule has 8 heteroatoms. The zero-order chi connectivity index (χ0) is 26.8. The summed E-state index contributed by atoms with van der Waals surface area (Å²) >= 11 is 0. The van der Waals surface area contributed by atoms with Gasteiger partial charge in [-0.1, -0.05) is 48.5 Å². The first-order chi connectivity index (χ1) is 18.2. The minimum absolute atomic E-state index is 0.000205. The van der Waals surface area contributed by atoms with Gasteiger partial charge in [0.05, 0.1) is 30.6 Å². The second-order valence-electron chi connectivity index (χ2n) is 11.3. The third-order valence-corrected chi connectivity index (χ3v) is 8.33. The molecule has 2 aromatic carbocycles. The molecule has 198 valence electrons. The number of carbonyl (C=O) groups is 1. The number of amides is 1. The molecule has 1 amide bonds. The summed E-state index contributed by atoms with van der Waals surface area (Å²) in [5, 5.41) is 19.1. The number of carbonyl (C=O) groups excluding carboxylic acids is 1. The number of anilines is 1. The van der Waals surface area contributed by atoms with Gasteiger partial charge in [-0.25, -0.2) is 0 Å². The number of rotatable bonds is 6. The van der Waals surface area contributed by atoms with Crippen LogP contribution >= 0.6 is 0 Å². The normalized spacial score (nSPS) is 26.0. The Morgan fingerprint density at radius 2 is 2.00 bits per heavy atom. The number of hydrogen-bond acceptors (Lipinski definition) is 6. The van der Waals surface area contributed by atoms with Crippen molar-refractivity contribution < 1.29 is 19.4 Å². The van der Waals surface area contributed by atoms with Crippen molar-refractivity contribution in [1.29, 1.82) is 0 Å². The maximum atomic E-state index is 14.2. The average Bonchev–Trinajstić information content (AvgIpc) is 3.57. The Kier molecular flexibility index (Phi) is 5.74. The van der Waals surface area contributed by atoms with Gasteiger partial charge in [-0.3, -0.25) is 14.4 Å². The van der Waals surface area contributed by atoms with Crippen LogP contribution < -0.4 is 9.64 Å². The van der Waals surface area contributed by atoms with Gasteiger partial charge in [-0.2, -0.15) is 0 Å². The van der Waals surface area contributed by atoms with E-state index >= 15 is 0 Å². The van der Waals surface area contributed by atoms with E-state index in [2.05, 4.69) is 44.1 Å². The Hall–Kier alpha value is -3.49. The summed E-state index contributed by atoms with van der Waals surface area (Å²) < 4.78 is 14.2. The van der Waals surface area contributed by atoms with Crippen LogP contribution in [0.3, 0.4) is 0 Å². The molecule has 1 aromatic heterocycles. The van der Waals surface area contributed by atoms with E-state index in [4.69, 9.17) is 9.47 Å². The van der Waals surface area contributed by atoms with Crippen molar-refractivity contribution in [3.8, 4) is 5.75 Å². The minimum Gasteiger partial charge on any atom is -0.497 e. The van der Waals surface area contributed by atoms with E-state index in [-0.39, 0.29) is 17.9 Å². The number of methoxy groups -OCH3 is 1. The smallest absolute Gasteiger partial charge is 0.265 e. The summed E-state index contributed by atoms with van der Waals surface area (Å²) in [4.78, 5) is 16.2. The molecule has 0 bridgehead atoms. The number of ether oxygens (including phenoxy) is 2. The lowest BCUT2D eigenvalue weighted by Gasteiger charge is -2.39. The standard InChI is InChI=1S/C30H34N4O4/c1-18-16-29(3,4)34-26-23(18)14-22(37-5)15-24(26)30(28(34)36)19(2)13-21(38-30)11-12-33-17-25(31-32-33)27(35)20-9-7-6-8-10-20/h6-10,14-17,19,21,27,35H,11-13H2,1-5H3/t19-,21+,27+,30+/m0/s1. The SMILES string of the molecule is COc1cc2c3c(c1)[C@@]1(O[C@H](CCn4cc([C@H](O)c5ccccc5)nn4)C[C@@H]1C)C(=O)N3C(C)(C)C=C2C.